The number of carbonyl (C=O) groups excluding carboxylic acids is 2. The number of unbranched alkanes of at least 4 members (excludes halogenated alkanes) is 10. The van der Waals surface area contributed by atoms with Gasteiger partial charge in [0.1, 0.15) is 6.54 Å². The van der Waals surface area contributed by atoms with Crippen LogP contribution in [0.2, 0.25) is 0 Å². The fraction of sp³-hybridized carbons (Fsp3) is 0.833. The summed E-state index contributed by atoms with van der Waals surface area (Å²) in [7, 11) is 0. The summed E-state index contributed by atoms with van der Waals surface area (Å²) in [6.07, 6.45) is 13.0. The molecule has 0 heterocycles. The van der Waals surface area contributed by atoms with E-state index < -0.39 is 30.9 Å². The third-order valence-electron chi connectivity index (χ3n) is 3.99. The van der Waals surface area contributed by atoms with Gasteiger partial charge in [0.25, 0.3) is 0 Å². The molecular formula is C18H32NNaO5. The molecule has 0 unspecified atom stereocenters. The van der Waals surface area contributed by atoms with Crippen LogP contribution < -0.4 is 34.7 Å². The van der Waals surface area contributed by atoms with Crippen molar-refractivity contribution in [2.24, 2.45) is 0 Å². The molecule has 0 aromatic rings. The number of carboxylic acids is 2. The van der Waals surface area contributed by atoms with Gasteiger partial charge in [0.2, 0.25) is 5.91 Å². The van der Waals surface area contributed by atoms with Crippen molar-refractivity contribution in [2.45, 2.75) is 84.0 Å². The van der Waals surface area contributed by atoms with E-state index in [2.05, 4.69) is 6.92 Å². The van der Waals surface area contributed by atoms with Crippen molar-refractivity contribution < 1.29 is 54.2 Å². The van der Waals surface area contributed by atoms with Crippen LogP contribution in [0.5, 0.6) is 0 Å². The molecule has 0 rings (SSSR count). The van der Waals surface area contributed by atoms with Crippen molar-refractivity contribution >= 4 is 17.8 Å². The fourth-order valence-corrected chi connectivity index (χ4v) is 2.65. The first kappa shape index (κ1) is 26.6. The summed E-state index contributed by atoms with van der Waals surface area (Å²) in [6.45, 7) is 0.957. The van der Waals surface area contributed by atoms with Gasteiger partial charge >= 0.3 is 35.5 Å². The molecule has 0 saturated carbocycles. The number of carbonyl (C=O) groups is 3. The Morgan fingerprint density at radius 2 is 1.24 bits per heavy atom. The summed E-state index contributed by atoms with van der Waals surface area (Å²) >= 11 is 0. The van der Waals surface area contributed by atoms with Crippen molar-refractivity contribution in [3.05, 3.63) is 0 Å². The maximum absolute atomic E-state index is 11.8. The predicted octanol–water partition coefficient (Wildman–Crippen LogP) is -0.645. The van der Waals surface area contributed by atoms with Gasteiger partial charge in [-0.15, -0.1) is 0 Å². The molecule has 0 atom stereocenters. The van der Waals surface area contributed by atoms with E-state index in [-0.39, 0.29) is 36.0 Å². The zero-order valence-electron chi connectivity index (χ0n) is 15.9. The van der Waals surface area contributed by atoms with Gasteiger partial charge in [-0.2, -0.15) is 0 Å². The Bertz CT molecular complexity index is 360. The average molecular weight is 365 g/mol. The van der Waals surface area contributed by atoms with Crippen LogP contribution in [-0.4, -0.2) is 40.9 Å². The van der Waals surface area contributed by atoms with E-state index in [0.29, 0.717) is 6.42 Å². The molecule has 1 amide bonds. The fourth-order valence-electron chi connectivity index (χ4n) is 2.65. The molecule has 0 fully saturated rings. The maximum Gasteiger partial charge on any atom is 1.00 e. The number of nitrogens with zero attached hydrogens (tertiary/aromatic N) is 1. The van der Waals surface area contributed by atoms with Crippen LogP contribution in [0.15, 0.2) is 0 Å². The zero-order valence-corrected chi connectivity index (χ0v) is 17.9. The molecule has 0 radical (unpaired) electrons. The molecule has 6 nitrogen and oxygen atoms in total. The SMILES string of the molecule is CCCCCCCCCCCCCC(=O)N(CC(=O)[O-])CC(=O)O.[Na+]. The summed E-state index contributed by atoms with van der Waals surface area (Å²) in [5.41, 5.74) is 0. The van der Waals surface area contributed by atoms with Crippen molar-refractivity contribution in [3.8, 4) is 0 Å². The number of aliphatic carboxylic acids is 2. The molecule has 0 aliphatic rings. The minimum Gasteiger partial charge on any atom is -0.548 e. The average Bonchev–Trinajstić information content (AvgIpc) is 2.50. The van der Waals surface area contributed by atoms with E-state index in [4.69, 9.17) is 5.11 Å². The van der Waals surface area contributed by atoms with Crippen LogP contribution in [0.4, 0.5) is 0 Å². The predicted molar refractivity (Wildman–Crippen MR) is 90.3 cm³/mol. The Kier molecular flexibility index (Phi) is 19.4. The molecule has 0 aliphatic carbocycles. The first-order valence-corrected chi connectivity index (χ1v) is 9.16. The monoisotopic (exact) mass is 365 g/mol. The summed E-state index contributed by atoms with van der Waals surface area (Å²) in [5.74, 6) is -3.09. The van der Waals surface area contributed by atoms with Gasteiger partial charge in [-0.25, -0.2) is 0 Å². The third-order valence-corrected chi connectivity index (χ3v) is 3.99. The number of hydrogen-bond donors (Lipinski definition) is 1. The molecule has 0 spiro atoms. The van der Waals surface area contributed by atoms with Crippen LogP contribution in [0, 0.1) is 0 Å². The maximum atomic E-state index is 11.8. The Balaban J connectivity index is 0. The van der Waals surface area contributed by atoms with Gasteiger partial charge in [-0.1, -0.05) is 71.1 Å². The largest absolute Gasteiger partial charge is 1.00 e. The van der Waals surface area contributed by atoms with Crippen molar-refractivity contribution in [1.82, 2.24) is 4.90 Å². The van der Waals surface area contributed by atoms with E-state index in [1.54, 1.807) is 0 Å². The van der Waals surface area contributed by atoms with E-state index in [1.807, 2.05) is 0 Å². The first-order valence-electron chi connectivity index (χ1n) is 9.16. The van der Waals surface area contributed by atoms with Gasteiger partial charge in [0.05, 0.1) is 12.5 Å². The van der Waals surface area contributed by atoms with Crippen LogP contribution in [0.3, 0.4) is 0 Å². The molecule has 0 aromatic heterocycles. The smallest absolute Gasteiger partial charge is 0.548 e. The number of hydrogen-bond acceptors (Lipinski definition) is 4. The summed E-state index contributed by atoms with van der Waals surface area (Å²) in [4.78, 5) is 33.9. The topological polar surface area (TPSA) is 97.7 Å². The van der Waals surface area contributed by atoms with Gasteiger partial charge in [-0.05, 0) is 6.42 Å². The van der Waals surface area contributed by atoms with Crippen LogP contribution >= 0.6 is 0 Å². The summed E-state index contributed by atoms with van der Waals surface area (Å²) in [5, 5.41) is 19.3. The molecule has 1 N–H and O–H groups in total. The second kappa shape index (κ2) is 18.2. The summed E-state index contributed by atoms with van der Waals surface area (Å²) in [6, 6.07) is 0. The van der Waals surface area contributed by atoms with E-state index in [9.17, 15) is 19.5 Å². The summed E-state index contributed by atoms with van der Waals surface area (Å²) < 4.78 is 0. The second-order valence-electron chi connectivity index (χ2n) is 6.30. The molecule has 7 heteroatoms. The van der Waals surface area contributed by atoms with Crippen LogP contribution in [-0.2, 0) is 14.4 Å². The number of rotatable bonds is 16. The van der Waals surface area contributed by atoms with Crippen molar-refractivity contribution in [1.29, 1.82) is 0 Å². The standard InChI is InChI=1S/C18H33NO5.Na/c1-2-3-4-5-6-7-8-9-10-11-12-13-16(20)19(14-17(21)22)15-18(23)24;/h2-15H2,1H3,(H,21,22)(H,23,24);/q;+1/p-1. The zero-order chi connectivity index (χ0) is 18.2. The number of amides is 1. The number of carboxylic acid groups (broad SMARTS) is 2. The molecule has 0 aliphatic heterocycles. The Morgan fingerprint density at radius 3 is 1.64 bits per heavy atom. The van der Waals surface area contributed by atoms with Gasteiger partial charge in [0, 0.05) is 6.42 Å². The minimum absolute atomic E-state index is 0. The Hall–Kier alpha value is -0.590. The Labute approximate surface area is 173 Å². The molecule has 0 bridgehead atoms. The molecule has 0 aromatic carbocycles. The molecule has 140 valence electrons. The van der Waals surface area contributed by atoms with E-state index >= 15 is 0 Å². The second-order valence-corrected chi connectivity index (χ2v) is 6.30. The van der Waals surface area contributed by atoms with Gasteiger partial charge in [0.15, 0.2) is 0 Å². The Morgan fingerprint density at radius 1 is 0.800 bits per heavy atom. The van der Waals surface area contributed by atoms with Crippen molar-refractivity contribution in [2.75, 3.05) is 13.1 Å². The normalized spacial score (nSPS) is 10.1. The van der Waals surface area contributed by atoms with Crippen LogP contribution in [0.1, 0.15) is 84.0 Å². The van der Waals surface area contributed by atoms with E-state index in [1.165, 1.54) is 44.9 Å². The van der Waals surface area contributed by atoms with Gasteiger partial charge in [-0.3, -0.25) is 9.59 Å². The van der Waals surface area contributed by atoms with Crippen molar-refractivity contribution in [3.63, 3.8) is 0 Å². The molecule has 0 saturated heterocycles. The van der Waals surface area contributed by atoms with Crippen LogP contribution in [0.25, 0.3) is 0 Å². The first-order chi connectivity index (χ1) is 11.5. The van der Waals surface area contributed by atoms with E-state index in [0.717, 1.165) is 24.2 Å². The molecular weight excluding hydrogens is 333 g/mol. The quantitative estimate of drug-likeness (QED) is 0.290. The third kappa shape index (κ3) is 18.0. The molecule has 25 heavy (non-hydrogen) atoms. The van der Waals surface area contributed by atoms with Gasteiger partial charge < -0.3 is 19.9 Å². The minimum atomic E-state index is -1.44.